The Morgan fingerprint density at radius 3 is 2.70 bits per heavy atom. The Balaban J connectivity index is 2.57. The molecule has 0 fully saturated rings. The summed E-state index contributed by atoms with van der Waals surface area (Å²) >= 11 is 0. The molecule has 0 aromatic carbocycles. The largest absolute Gasteiger partial charge is 0.396 e. The smallest absolute Gasteiger partial charge is 0.0496 e. The van der Waals surface area contributed by atoms with E-state index in [4.69, 9.17) is 5.11 Å². The van der Waals surface area contributed by atoms with Gasteiger partial charge in [0.15, 0.2) is 0 Å². The molecule has 0 radical (unpaired) electrons. The van der Waals surface area contributed by atoms with Gasteiger partial charge in [-0.2, -0.15) is 0 Å². The number of aliphatic hydroxyl groups is 1. The molecule has 0 saturated carbocycles. The van der Waals surface area contributed by atoms with Crippen molar-refractivity contribution in [3.05, 3.63) is 12.2 Å². The highest BCUT2D eigenvalue weighted by atomic mass is 16.3. The fraction of sp³-hybridized carbons (Fsp3) is 0.778. The summed E-state index contributed by atoms with van der Waals surface area (Å²) in [4.78, 5) is 0. The lowest BCUT2D eigenvalue weighted by Gasteiger charge is -2.28. The molecular formula is C9H16O. The van der Waals surface area contributed by atoms with Crippen LogP contribution in [0.4, 0.5) is 0 Å². The molecule has 1 nitrogen and oxygen atoms in total. The fourth-order valence-corrected chi connectivity index (χ4v) is 1.51. The van der Waals surface area contributed by atoms with Crippen LogP contribution >= 0.6 is 0 Å². The molecule has 0 amide bonds. The molecule has 10 heavy (non-hydrogen) atoms. The van der Waals surface area contributed by atoms with Crippen molar-refractivity contribution in [1.29, 1.82) is 0 Å². The van der Waals surface area contributed by atoms with Crippen molar-refractivity contribution in [2.75, 3.05) is 6.61 Å². The van der Waals surface area contributed by atoms with E-state index in [9.17, 15) is 0 Å². The van der Waals surface area contributed by atoms with E-state index < -0.39 is 0 Å². The van der Waals surface area contributed by atoms with E-state index in [1.807, 2.05) is 0 Å². The normalized spacial score (nSPS) is 40.1. The zero-order chi connectivity index (χ0) is 7.56. The highest BCUT2D eigenvalue weighted by Crippen LogP contribution is 2.28. The Labute approximate surface area is 62.8 Å². The Hall–Kier alpha value is -0.300. The van der Waals surface area contributed by atoms with Gasteiger partial charge in [-0.1, -0.05) is 26.0 Å². The first-order valence-electron chi connectivity index (χ1n) is 4.03. The summed E-state index contributed by atoms with van der Waals surface area (Å²) in [6.07, 6.45) is 5.51. The summed E-state index contributed by atoms with van der Waals surface area (Å²) in [6, 6.07) is 0. The molecular weight excluding hydrogens is 124 g/mol. The summed E-state index contributed by atoms with van der Waals surface area (Å²) in [5.41, 5.74) is 0. The molecule has 1 heteroatoms. The molecule has 58 valence electrons. The molecule has 0 spiro atoms. The average Bonchev–Trinajstić information content (AvgIpc) is 1.95. The molecule has 0 heterocycles. The first-order chi connectivity index (χ1) is 4.75. The number of aliphatic hydroxyl groups excluding tert-OH is 1. The highest BCUT2D eigenvalue weighted by Gasteiger charge is 2.22. The van der Waals surface area contributed by atoms with Gasteiger partial charge >= 0.3 is 0 Å². The maximum Gasteiger partial charge on any atom is 0.0496 e. The minimum Gasteiger partial charge on any atom is -0.396 e. The molecule has 3 atom stereocenters. The topological polar surface area (TPSA) is 20.2 Å². The summed E-state index contributed by atoms with van der Waals surface area (Å²) in [6.45, 7) is 4.77. The standard InChI is InChI=1S/C9H16O/c1-7-4-3-5-9(6-10)8(7)2/h3,5,7-10H,4,6H2,1-2H3. The maximum absolute atomic E-state index is 8.93. The number of allylic oxidation sites excluding steroid dienone is 1. The van der Waals surface area contributed by atoms with E-state index in [0.717, 1.165) is 5.92 Å². The van der Waals surface area contributed by atoms with E-state index in [2.05, 4.69) is 26.0 Å². The van der Waals surface area contributed by atoms with E-state index >= 15 is 0 Å². The van der Waals surface area contributed by atoms with Gasteiger partial charge in [-0.05, 0) is 18.3 Å². The molecule has 3 unspecified atom stereocenters. The van der Waals surface area contributed by atoms with Crippen LogP contribution in [0.15, 0.2) is 12.2 Å². The van der Waals surface area contributed by atoms with Crippen molar-refractivity contribution in [2.45, 2.75) is 20.3 Å². The van der Waals surface area contributed by atoms with Gasteiger partial charge in [-0.25, -0.2) is 0 Å². The van der Waals surface area contributed by atoms with Crippen molar-refractivity contribution in [3.63, 3.8) is 0 Å². The lowest BCUT2D eigenvalue weighted by molar-refractivity contribution is 0.176. The molecule has 1 aliphatic carbocycles. The molecule has 0 aromatic heterocycles. The SMILES string of the molecule is CC1CC=CC(CO)C1C. The van der Waals surface area contributed by atoms with Crippen LogP contribution in [0.5, 0.6) is 0 Å². The van der Waals surface area contributed by atoms with Gasteiger partial charge < -0.3 is 5.11 Å². The Kier molecular flexibility index (Phi) is 2.50. The minimum absolute atomic E-state index is 0.308. The van der Waals surface area contributed by atoms with E-state index in [1.165, 1.54) is 6.42 Å². The van der Waals surface area contributed by atoms with Crippen LogP contribution in [0.25, 0.3) is 0 Å². The second kappa shape index (κ2) is 3.20. The van der Waals surface area contributed by atoms with Crippen molar-refractivity contribution in [3.8, 4) is 0 Å². The van der Waals surface area contributed by atoms with Gasteiger partial charge in [0.1, 0.15) is 0 Å². The van der Waals surface area contributed by atoms with Crippen LogP contribution in [0.3, 0.4) is 0 Å². The third-order valence-corrected chi connectivity index (χ3v) is 2.67. The molecule has 0 aliphatic heterocycles. The van der Waals surface area contributed by atoms with Crippen LogP contribution in [-0.2, 0) is 0 Å². The molecule has 1 aliphatic rings. The van der Waals surface area contributed by atoms with Crippen molar-refractivity contribution in [2.24, 2.45) is 17.8 Å². The second-order valence-corrected chi connectivity index (χ2v) is 3.35. The summed E-state index contributed by atoms with van der Waals surface area (Å²) in [5.74, 6) is 1.79. The Morgan fingerprint density at radius 1 is 1.50 bits per heavy atom. The van der Waals surface area contributed by atoms with Gasteiger partial charge in [0, 0.05) is 12.5 Å². The maximum atomic E-state index is 8.93. The van der Waals surface area contributed by atoms with Crippen LogP contribution in [0, 0.1) is 17.8 Å². The van der Waals surface area contributed by atoms with Crippen molar-refractivity contribution in [1.82, 2.24) is 0 Å². The summed E-state index contributed by atoms with van der Waals surface area (Å²) < 4.78 is 0. The molecule has 1 N–H and O–H groups in total. The quantitative estimate of drug-likeness (QED) is 0.551. The van der Waals surface area contributed by atoms with Crippen LogP contribution in [0.2, 0.25) is 0 Å². The van der Waals surface area contributed by atoms with Crippen LogP contribution in [-0.4, -0.2) is 11.7 Å². The van der Waals surface area contributed by atoms with Crippen molar-refractivity contribution < 1.29 is 5.11 Å². The molecule has 1 rings (SSSR count). The fourth-order valence-electron chi connectivity index (χ4n) is 1.51. The van der Waals surface area contributed by atoms with E-state index in [0.29, 0.717) is 18.4 Å². The number of hydrogen-bond donors (Lipinski definition) is 1. The van der Waals surface area contributed by atoms with Gasteiger partial charge in [-0.3, -0.25) is 0 Å². The van der Waals surface area contributed by atoms with Crippen molar-refractivity contribution >= 4 is 0 Å². The third kappa shape index (κ3) is 1.40. The van der Waals surface area contributed by atoms with Gasteiger partial charge in [0.25, 0.3) is 0 Å². The van der Waals surface area contributed by atoms with E-state index in [-0.39, 0.29) is 0 Å². The Morgan fingerprint density at radius 2 is 2.20 bits per heavy atom. The van der Waals surface area contributed by atoms with Crippen LogP contribution in [0.1, 0.15) is 20.3 Å². The zero-order valence-electron chi connectivity index (χ0n) is 6.75. The average molecular weight is 140 g/mol. The first kappa shape index (κ1) is 7.80. The van der Waals surface area contributed by atoms with E-state index in [1.54, 1.807) is 0 Å². The first-order valence-corrected chi connectivity index (χ1v) is 4.03. The summed E-state index contributed by atoms with van der Waals surface area (Å²) in [5, 5.41) is 8.93. The molecule has 0 bridgehead atoms. The Bertz CT molecular complexity index is 129. The van der Waals surface area contributed by atoms with Gasteiger partial charge in [0.05, 0.1) is 0 Å². The lowest BCUT2D eigenvalue weighted by atomic mass is 9.78. The molecule has 0 aromatic rings. The monoisotopic (exact) mass is 140 g/mol. The summed E-state index contributed by atoms with van der Waals surface area (Å²) in [7, 11) is 0. The minimum atomic E-state index is 0.308. The number of rotatable bonds is 1. The zero-order valence-corrected chi connectivity index (χ0v) is 6.75. The molecule has 0 saturated heterocycles. The van der Waals surface area contributed by atoms with Gasteiger partial charge in [-0.15, -0.1) is 0 Å². The number of hydrogen-bond acceptors (Lipinski definition) is 1. The predicted octanol–water partition coefficient (Wildman–Crippen LogP) is 1.83. The second-order valence-electron chi connectivity index (χ2n) is 3.35. The van der Waals surface area contributed by atoms with Crippen LogP contribution < -0.4 is 0 Å². The highest BCUT2D eigenvalue weighted by molar-refractivity contribution is 4.97. The third-order valence-electron chi connectivity index (χ3n) is 2.67. The lowest BCUT2D eigenvalue weighted by Crippen LogP contribution is -2.23. The predicted molar refractivity (Wildman–Crippen MR) is 42.7 cm³/mol. The van der Waals surface area contributed by atoms with Gasteiger partial charge in [0.2, 0.25) is 0 Å².